The average Bonchev–Trinajstić information content (AvgIpc) is 2.66. The maximum atomic E-state index is 12.8. The number of aryl methyl sites for hydroxylation is 1. The van der Waals surface area contributed by atoms with E-state index in [-0.39, 0.29) is 11.9 Å². The van der Waals surface area contributed by atoms with Crippen molar-refractivity contribution in [2.24, 2.45) is 0 Å². The zero-order valence-electron chi connectivity index (χ0n) is 20.0. The Morgan fingerprint density at radius 1 is 1.09 bits per heavy atom. The van der Waals surface area contributed by atoms with Gasteiger partial charge < -0.3 is 14.2 Å². The molecule has 0 atom stereocenters. The van der Waals surface area contributed by atoms with Crippen molar-refractivity contribution in [1.29, 1.82) is 0 Å². The van der Waals surface area contributed by atoms with Gasteiger partial charge in [-0.25, -0.2) is 4.79 Å². The molecule has 0 fully saturated rings. The van der Waals surface area contributed by atoms with Gasteiger partial charge in [0.15, 0.2) is 5.78 Å². The molecule has 172 valence electrons. The number of methoxy groups -OCH3 is 1. The fourth-order valence-corrected chi connectivity index (χ4v) is 3.44. The molecule has 0 aromatic heterocycles. The molecule has 0 aliphatic rings. The second-order valence-electron chi connectivity index (χ2n) is 8.82. The highest BCUT2D eigenvalue weighted by atomic mass is 35.5. The molecular weight excluding hydrogens is 428 g/mol. The van der Waals surface area contributed by atoms with Crippen LogP contribution in [0.1, 0.15) is 72.0 Å². The summed E-state index contributed by atoms with van der Waals surface area (Å²) in [5, 5.41) is 0.485. The summed E-state index contributed by atoms with van der Waals surface area (Å²) in [5.41, 5.74) is 2.37. The van der Waals surface area contributed by atoms with Crippen molar-refractivity contribution < 1.29 is 23.8 Å². The van der Waals surface area contributed by atoms with Crippen LogP contribution in [-0.4, -0.2) is 30.6 Å². The van der Waals surface area contributed by atoms with Gasteiger partial charge in [-0.15, -0.1) is 0 Å². The predicted molar refractivity (Wildman–Crippen MR) is 128 cm³/mol. The third-order valence-corrected chi connectivity index (χ3v) is 4.78. The summed E-state index contributed by atoms with van der Waals surface area (Å²) in [5.74, 6) is 0.302. The van der Waals surface area contributed by atoms with E-state index in [0.29, 0.717) is 38.8 Å². The molecule has 0 bridgehead atoms. The van der Waals surface area contributed by atoms with Gasteiger partial charge in [0.05, 0.1) is 24.3 Å². The molecule has 2 rings (SSSR count). The minimum atomic E-state index is -0.613. The van der Waals surface area contributed by atoms with Crippen molar-refractivity contribution in [3.63, 3.8) is 0 Å². The van der Waals surface area contributed by atoms with Gasteiger partial charge in [0, 0.05) is 16.1 Å². The summed E-state index contributed by atoms with van der Waals surface area (Å²) in [4.78, 5) is 25.6. The number of carbonyl (C=O) groups is 2. The van der Waals surface area contributed by atoms with Crippen molar-refractivity contribution in [3.05, 3.63) is 63.2 Å². The van der Waals surface area contributed by atoms with E-state index in [1.807, 2.05) is 54.5 Å². The van der Waals surface area contributed by atoms with Crippen LogP contribution in [0.15, 0.2) is 30.3 Å². The number of rotatable bonds is 7. The molecule has 2 aromatic carbocycles. The van der Waals surface area contributed by atoms with Gasteiger partial charge in [-0.1, -0.05) is 11.6 Å². The second-order valence-corrected chi connectivity index (χ2v) is 9.26. The Balaban J connectivity index is 2.51. The van der Waals surface area contributed by atoms with E-state index in [2.05, 4.69) is 0 Å². The van der Waals surface area contributed by atoms with E-state index in [9.17, 15) is 9.59 Å². The van der Waals surface area contributed by atoms with Gasteiger partial charge in [0.25, 0.3) is 0 Å². The second kappa shape index (κ2) is 10.2. The zero-order valence-corrected chi connectivity index (χ0v) is 20.7. The maximum absolute atomic E-state index is 12.8. The van der Waals surface area contributed by atoms with Crippen molar-refractivity contribution in [2.45, 2.75) is 60.2 Å². The Bertz CT molecular complexity index is 1050. The van der Waals surface area contributed by atoms with E-state index in [1.165, 1.54) is 13.2 Å². The number of esters is 1. The maximum Gasteiger partial charge on any atom is 0.339 e. The number of ketones is 1. The first kappa shape index (κ1) is 25.5. The summed E-state index contributed by atoms with van der Waals surface area (Å²) < 4.78 is 16.9. The quantitative estimate of drug-likeness (QED) is 0.265. The van der Waals surface area contributed by atoms with Crippen LogP contribution < -0.4 is 9.47 Å². The molecule has 2 aromatic rings. The Kier molecular flexibility index (Phi) is 8.13. The fraction of sp³-hybridized carbons (Fsp3) is 0.385. The molecule has 0 saturated carbocycles. The molecule has 0 radical (unpaired) electrons. The summed E-state index contributed by atoms with van der Waals surface area (Å²) in [6, 6.07) is 6.69. The Morgan fingerprint density at radius 2 is 1.75 bits per heavy atom. The standard InChI is InChI=1S/C26H31ClO5/c1-15(2)31-24-17(4)23(25(29)32-26(5,6)7)16(3)13-18(24)9-12-21(28)20-11-10-19(27)14-22(20)30-8/h9-15H,1-8H3/b12-9+. The van der Waals surface area contributed by atoms with Crippen molar-refractivity contribution >= 4 is 29.4 Å². The van der Waals surface area contributed by atoms with Crippen LogP contribution in [0.4, 0.5) is 0 Å². The Labute approximate surface area is 195 Å². The average molecular weight is 459 g/mol. The number of benzene rings is 2. The smallest absolute Gasteiger partial charge is 0.339 e. The largest absolute Gasteiger partial charge is 0.496 e. The lowest BCUT2D eigenvalue weighted by Gasteiger charge is -2.23. The zero-order chi connectivity index (χ0) is 24.2. The van der Waals surface area contributed by atoms with Gasteiger partial charge >= 0.3 is 5.97 Å². The number of carbonyl (C=O) groups excluding carboxylic acids is 2. The SMILES string of the molecule is COc1cc(Cl)ccc1C(=O)/C=C/c1cc(C)c(C(=O)OC(C)(C)C)c(C)c1OC(C)C. The lowest BCUT2D eigenvalue weighted by molar-refractivity contribution is 0.00671. The first-order valence-electron chi connectivity index (χ1n) is 10.4. The molecule has 5 nitrogen and oxygen atoms in total. The van der Waals surface area contributed by atoms with E-state index in [0.717, 1.165) is 5.56 Å². The number of allylic oxidation sites excluding steroid dienone is 1. The van der Waals surface area contributed by atoms with Crippen molar-refractivity contribution in [3.8, 4) is 11.5 Å². The summed E-state index contributed by atoms with van der Waals surface area (Å²) in [7, 11) is 1.49. The molecule has 6 heteroatoms. The molecule has 0 heterocycles. The van der Waals surface area contributed by atoms with Gasteiger partial charge in [0.1, 0.15) is 17.1 Å². The van der Waals surface area contributed by atoms with E-state index in [1.54, 1.807) is 24.3 Å². The molecular formula is C26H31ClO5. The monoisotopic (exact) mass is 458 g/mol. The highest BCUT2D eigenvalue weighted by Crippen LogP contribution is 2.33. The molecule has 0 amide bonds. The highest BCUT2D eigenvalue weighted by molar-refractivity contribution is 6.31. The third kappa shape index (κ3) is 6.36. The molecule has 0 N–H and O–H groups in total. The van der Waals surface area contributed by atoms with Gasteiger partial charge in [-0.05, 0) is 90.4 Å². The lowest BCUT2D eigenvalue weighted by Crippen LogP contribution is -2.25. The van der Waals surface area contributed by atoms with Crippen LogP contribution in [0.25, 0.3) is 6.08 Å². The molecule has 32 heavy (non-hydrogen) atoms. The van der Waals surface area contributed by atoms with Gasteiger partial charge in [-0.3, -0.25) is 4.79 Å². The van der Waals surface area contributed by atoms with Crippen LogP contribution in [-0.2, 0) is 4.74 Å². The molecule has 0 aliphatic heterocycles. The Hall–Kier alpha value is -2.79. The van der Waals surface area contributed by atoms with Gasteiger partial charge in [0.2, 0.25) is 0 Å². The topological polar surface area (TPSA) is 61.8 Å². The number of halogens is 1. The summed E-state index contributed by atoms with van der Waals surface area (Å²) in [6.07, 6.45) is 3.02. The minimum absolute atomic E-state index is 0.123. The molecule has 0 aliphatic carbocycles. The Morgan fingerprint density at radius 3 is 2.31 bits per heavy atom. The first-order chi connectivity index (χ1) is 14.8. The lowest BCUT2D eigenvalue weighted by atomic mass is 9.96. The summed E-state index contributed by atoms with van der Waals surface area (Å²) in [6.45, 7) is 13.0. The van der Waals surface area contributed by atoms with Crippen LogP contribution in [0, 0.1) is 13.8 Å². The van der Waals surface area contributed by atoms with Crippen molar-refractivity contribution in [1.82, 2.24) is 0 Å². The van der Waals surface area contributed by atoms with E-state index >= 15 is 0 Å². The molecule has 0 spiro atoms. The van der Waals surface area contributed by atoms with Crippen LogP contribution in [0.2, 0.25) is 5.02 Å². The summed E-state index contributed by atoms with van der Waals surface area (Å²) >= 11 is 5.99. The number of ether oxygens (including phenoxy) is 3. The molecule has 0 unspecified atom stereocenters. The normalized spacial score (nSPS) is 11.7. The van der Waals surface area contributed by atoms with Crippen LogP contribution >= 0.6 is 11.6 Å². The fourth-order valence-electron chi connectivity index (χ4n) is 3.28. The highest BCUT2D eigenvalue weighted by Gasteiger charge is 2.24. The minimum Gasteiger partial charge on any atom is -0.496 e. The molecule has 0 saturated heterocycles. The predicted octanol–water partition coefficient (Wildman–Crippen LogP) is 6.60. The van der Waals surface area contributed by atoms with E-state index < -0.39 is 11.6 Å². The van der Waals surface area contributed by atoms with Crippen LogP contribution in [0.3, 0.4) is 0 Å². The number of hydrogen-bond acceptors (Lipinski definition) is 5. The van der Waals surface area contributed by atoms with Crippen LogP contribution in [0.5, 0.6) is 11.5 Å². The third-order valence-electron chi connectivity index (χ3n) is 4.54. The number of hydrogen-bond donors (Lipinski definition) is 0. The van der Waals surface area contributed by atoms with Crippen molar-refractivity contribution in [2.75, 3.05) is 7.11 Å². The van der Waals surface area contributed by atoms with Gasteiger partial charge in [-0.2, -0.15) is 0 Å². The van der Waals surface area contributed by atoms with E-state index in [4.69, 9.17) is 25.8 Å². The first-order valence-corrected chi connectivity index (χ1v) is 10.8.